The fourth-order valence-electron chi connectivity index (χ4n) is 3.21. The Bertz CT molecular complexity index is 653. The van der Waals surface area contributed by atoms with E-state index in [0.717, 1.165) is 30.8 Å². The van der Waals surface area contributed by atoms with Crippen molar-refractivity contribution in [3.63, 3.8) is 0 Å². The fraction of sp³-hybridized carbons (Fsp3) is 0.571. The Morgan fingerprint density at radius 2 is 1.84 bits per heavy atom. The van der Waals surface area contributed by atoms with Crippen LogP contribution < -0.4 is 10.1 Å². The molecule has 0 aliphatic heterocycles. The van der Waals surface area contributed by atoms with Crippen LogP contribution in [0.5, 0.6) is 5.88 Å². The van der Waals surface area contributed by atoms with Crippen LogP contribution in [-0.4, -0.2) is 43.2 Å². The van der Waals surface area contributed by atoms with E-state index >= 15 is 0 Å². The van der Waals surface area contributed by atoms with Crippen molar-refractivity contribution in [2.75, 3.05) is 38.6 Å². The SMILES string of the molecule is CCN(CC)CCCCCCNc1cccc2c(C)cc(OC)nc12. The van der Waals surface area contributed by atoms with Crippen LogP contribution in [0.2, 0.25) is 0 Å². The molecule has 2 rings (SSSR count). The van der Waals surface area contributed by atoms with Gasteiger partial charge in [-0.1, -0.05) is 38.8 Å². The average Bonchev–Trinajstić information content (AvgIpc) is 2.64. The molecule has 0 radical (unpaired) electrons. The smallest absolute Gasteiger partial charge is 0.213 e. The molecule has 0 aliphatic rings. The third-order valence-electron chi connectivity index (χ3n) is 4.84. The summed E-state index contributed by atoms with van der Waals surface area (Å²) >= 11 is 0. The van der Waals surface area contributed by atoms with Gasteiger partial charge in [0.1, 0.15) is 0 Å². The number of aromatic nitrogens is 1. The number of anilines is 1. The van der Waals surface area contributed by atoms with E-state index in [1.165, 1.54) is 43.2 Å². The first-order valence-electron chi connectivity index (χ1n) is 9.60. The van der Waals surface area contributed by atoms with Gasteiger partial charge in [0.25, 0.3) is 0 Å². The Morgan fingerprint density at radius 3 is 2.56 bits per heavy atom. The van der Waals surface area contributed by atoms with Crippen LogP contribution in [0.3, 0.4) is 0 Å². The number of para-hydroxylation sites is 1. The molecular weight excluding hydrogens is 310 g/mol. The van der Waals surface area contributed by atoms with E-state index in [9.17, 15) is 0 Å². The number of rotatable bonds is 11. The van der Waals surface area contributed by atoms with Gasteiger partial charge in [-0.05, 0) is 51.0 Å². The van der Waals surface area contributed by atoms with Gasteiger partial charge in [-0.3, -0.25) is 0 Å². The summed E-state index contributed by atoms with van der Waals surface area (Å²) in [5.41, 5.74) is 3.30. The maximum atomic E-state index is 5.32. The van der Waals surface area contributed by atoms with E-state index in [-0.39, 0.29) is 0 Å². The molecule has 1 heterocycles. The standard InChI is InChI=1S/C21H33N3O/c1-5-24(6-2)15-10-8-7-9-14-22-19-13-11-12-18-17(3)16-20(25-4)23-21(18)19/h11-13,16,22H,5-10,14-15H2,1-4H3. The highest BCUT2D eigenvalue weighted by atomic mass is 16.5. The van der Waals surface area contributed by atoms with E-state index in [0.29, 0.717) is 5.88 Å². The van der Waals surface area contributed by atoms with Crippen LogP contribution in [0.15, 0.2) is 24.3 Å². The molecule has 0 bridgehead atoms. The highest BCUT2D eigenvalue weighted by Crippen LogP contribution is 2.27. The fourth-order valence-corrected chi connectivity index (χ4v) is 3.21. The van der Waals surface area contributed by atoms with Crippen LogP contribution in [-0.2, 0) is 0 Å². The summed E-state index contributed by atoms with van der Waals surface area (Å²) < 4.78 is 5.32. The van der Waals surface area contributed by atoms with Gasteiger partial charge in [-0.15, -0.1) is 0 Å². The zero-order valence-corrected chi connectivity index (χ0v) is 16.3. The Kier molecular flexibility index (Phi) is 7.99. The molecule has 0 fully saturated rings. The van der Waals surface area contributed by atoms with E-state index in [4.69, 9.17) is 4.74 Å². The largest absolute Gasteiger partial charge is 0.481 e. The van der Waals surface area contributed by atoms with E-state index < -0.39 is 0 Å². The molecule has 2 aromatic rings. The third-order valence-corrected chi connectivity index (χ3v) is 4.84. The Hall–Kier alpha value is -1.81. The van der Waals surface area contributed by atoms with E-state index in [1.807, 2.05) is 6.07 Å². The van der Waals surface area contributed by atoms with Crippen LogP contribution in [0.1, 0.15) is 45.1 Å². The van der Waals surface area contributed by atoms with Gasteiger partial charge in [0.2, 0.25) is 5.88 Å². The number of aryl methyl sites for hydroxylation is 1. The summed E-state index contributed by atoms with van der Waals surface area (Å²) in [6.45, 7) is 11.1. The molecule has 25 heavy (non-hydrogen) atoms. The number of unbranched alkanes of at least 4 members (excludes halogenated alkanes) is 3. The van der Waals surface area contributed by atoms with E-state index in [2.05, 4.69) is 54.2 Å². The number of methoxy groups -OCH3 is 1. The molecule has 4 nitrogen and oxygen atoms in total. The molecule has 0 saturated heterocycles. The Balaban J connectivity index is 1.82. The number of ether oxygens (including phenoxy) is 1. The molecular formula is C21H33N3O. The number of fused-ring (bicyclic) bond motifs is 1. The number of hydrogen-bond donors (Lipinski definition) is 1. The molecule has 1 aromatic carbocycles. The summed E-state index contributed by atoms with van der Waals surface area (Å²) in [7, 11) is 1.67. The topological polar surface area (TPSA) is 37.4 Å². The average molecular weight is 344 g/mol. The van der Waals surface area contributed by atoms with Crippen LogP contribution in [0, 0.1) is 6.92 Å². The number of nitrogens with zero attached hydrogens (tertiary/aromatic N) is 2. The molecule has 0 saturated carbocycles. The first-order valence-corrected chi connectivity index (χ1v) is 9.60. The summed E-state index contributed by atoms with van der Waals surface area (Å²) in [5, 5.41) is 4.74. The first kappa shape index (κ1) is 19.5. The predicted molar refractivity (Wildman–Crippen MR) is 108 cm³/mol. The summed E-state index contributed by atoms with van der Waals surface area (Å²) in [6, 6.07) is 8.31. The molecule has 1 N–H and O–H groups in total. The van der Waals surface area contributed by atoms with E-state index in [1.54, 1.807) is 7.11 Å². The van der Waals surface area contributed by atoms with Crippen LogP contribution in [0.25, 0.3) is 10.9 Å². The van der Waals surface area contributed by atoms with Crippen LogP contribution >= 0.6 is 0 Å². The second-order valence-electron chi connectivity index (χ2n) is 6.55. The molecule has 0 spiro atoms. The van der Waals surface area contributed by atoms with Gasteiger partial charge in [0.15, 0.2) is 0 Å². The Morgan fingerprint density at radius 1 is 1.08 bits per heavy atom. The minimum atomic E-state index is 0.677. The number of hydrogen-bond acceptors (Lipinski definition) is 4. The van der Waals surface area contributed by atoms with Gasteiger partial charge in [0.05, 0.1) is 18.3 Å². The summed E-state index contributed by atoms with van der Waals surface area (Å²) in [5.74, 6) is 0.677. The van der Waals surface area contributed by atoms with Gasteiger partial charge in [0, 0.05) is 18.0 Å². The number of pyridine rings is 1. The van der Waals surface area contributed by atoms with Crippen LogP contribution in [0.4, 0.5) is 5.69 Å². The Labute approximate surface area is 152 Å². The van der Waals surface area contributed by atoms with Crippen molar-refractivity contribution in [3.05, 3.63) is 29.8 Å². The second kappa shape index (κ2) is 10.2. The molecule has 1 aromatic heterocycles. The van der Waals surface area contributed by atoms with Gasteiger partial charge in [-0.2, -0.15) is 0 Å². The van der Waals surface area contributed by atoms with Crippen molar-refractivity contribution < 1.29 is 4.74 Å². The lowest BCUT2D eigenvalue weighted by Gasteiger charge is -2.17. The molecule has 4 heteroatoms. The monoisotopic (exact) mass is 343 g/mol. The highest BCUT2D eigenvalue weighted by Gasteiger charge is 2.07. The molecule has 0 unspecified atom stereocenters. The minimum absolute atomic E-state index is 0.677. The predicted octanol–water partition coefficient (Wildman–Crippen LogP) is 4.87. The molecule has 0 atom stereocenters. The minimum Gasteiger partial charge on any atom is -0.481 e. The molecule has 0 amide bonds. The van der Waals surface area contributed by atoms with Gasteiger partial charge < -0.3 is 15.0 Å². The highest BCUT2D eigenvalue weighted by molar-refractivity contribution is 5.92. The number of benzene rings is 1. The number of nitrogens with one attached hydrogen (secondary N) is 1. The van der Waals surface area contributed by atoms with Gasteiger partial charge in [-0.25, -0.2) is 4.98 Å². The molecule has 0 aliphatic carbocycles. The maximum absolute atomic E-state index is 5.32. The quantitative estimate of drug-likeness (QED) is 0.591. The lowest BCUT2D eigenvalue weighted by atomic mass is 10.1. The van der Waals surface area contributed by atoms with Crippen molar-refractivity contribution in [3.8, 4) is 5.88 Å². The van der Waals surface area contributed by atoms with Gasteiger partial charge >= 0.3 is 0 Å². The second-order valence-corrected chi connectivity index (χ2v) is 6.55. The first-order chi connectivity index (χ1) is 12.2. The summed E-state index contributed by atoms with van der Waals surface area (Å²) in [4.78, 5) is 7.13. The van der Waals surface area contributed by atoms with Crippen molar-refractivity contribution in [1.82, 2.24) is 9.88 Å². The van der Waals surface area contributed by atoms with Crippen molar-refractivity contribution in [1.29, 1.82) is 0 Å². The zero-order valence-electron chi connectivity index (χ0n) is 16.3. The zero-order chi connectivity index (χ0) is 18.1. The molecule has 138 valence electrons. The van der Waals surface area contributed by atoms with Crippen molar-refractivity contribution >= 4 is 16.6 Å². The van der Waals surface area contributed by atoms with Crippen molar-refractivity contribution in [2.24, 2.45) is 0 Å². The lowest BCUT2D eigenvalue weighted by Crippen LogP contribution is -2.23. The normalized spacial score (nSPS) is 11.2. The summed E-state index contributed by atoms with van der Waals surface area (Å²) in [6.07, 6.45) is 5.07. The maximum Gasteiger partial charge on any atom is 0.213 e. The van der Waals surface area contributed by atoms with Crippen molar-refractivity contribution in [2.45, 2.75) is 46.5 Å². The lowest BCUT2D eigenvalue weighted by molar-refractivity contribution is 0.295. The third kappa shape index (κ3) is 5.60.